The largest absolute Gasteiger partial charge is 0.420 e. The zero-order valence-corrected chi connectivity index (χ0v) is 10.4. The zero-order chi connectivity index (χ0) is 14.2. The molecule has 3 rings (SSSR count). The van der Waals surface area contributed by atoms with Gasteiger partial charge in [0.05, 0.1) is 6.10 Å². The molecule has 6 heteroatoms. The molecule has 2 bridgehead atoms. The fraction of sp³-hybridized carbons (Fsp3) is 0.846. The van der Waals surface area contributed by atoms with Gasteiger partial charge < -0.3 is 10.2 Å². The number of fused-ring (bicyclic) bond motifs is 5. The van der Waals surface area contributed by atoms with E-state index in [1.54, 1.807) is 0 Å². The number of hydrogen-bond donors (Lipinski definition) is 2. The van der Waals surface area contributed by atoms with Gasteiger partial charge in [0.1, 0.15) is 0 Å². The average molecular weight is 280 g/mol. The molecule has 2 nitrogen and oxygen atoms in total. The van der Waals surface area contributed by atoms with Crippen molar-refractivity contribution in [3.8, 4) is 0 Å². The molecule has 0 radical (unpaired) electrons. The first kappa shape index (κ1) is 13.4. The minimum atomic E-state index is -5.10. The van der Waals surface area contributed by atoms with Crippen molar-refractivity contribution in [1.29, 1.82) is 0 Å². The second-order valence-corrected chi connectivity index (χ2v) is 6.27. The number of hydrogen-bond acceptors (Lipinski definition) is 2. The Morgan fingerprint density at radius 1 is 1.21 bits per heavy atom. The van der Waals surface area contributed by atoms with Crippen LogP contribution in [0.25, 0.3) is 0 Å². The maximum Gasteiger partial charge on any atom is 0.420 e. The smallest absolute Gasteiger partial charge is 0.389 e. The van der Waals surface area contributed by atoms with Crippen molar-refractivity contribution in [2.45, 2.75) is 43.3 Å². The first-order chi connectivity index (χ1) is 8.59. The highest BCUT2D eigenvalue weighted by atomic mass is 19.4. The standard InChI is InChI=1S/C13H16F4O2/c1-11(19,13(15,16)17)12(14)5-8-6-2-3-7(4-6)9(8)10(12)18/h2-3,6-10,18-19H,4-5H2,1H3. The first-order valence-electron chi connectivity index (χ1n) is 6.44. The van der Waals surface area contributed by atoms with Gasteiger partial charge in [0.25, 0.3) is 0 Å². The van der Waals surface area contributed by atoms with Gasteiger partial charge in [-0.3, -0.25) is 0 Å². The minimum Gasteiger partial charge on any atom is -0.389 e. The molecule has 7 atom stereocenters. The third-order valence-electron chi connectivity index (χ3n) is 5.42. The molecule has 0 aromatic carbocycles. The summed E-state index contributed by atoms with van der Waals surface area (Å²) in [7, 11) is 0. The highest BCUT2D eigenvalue weighted by molar-refractivity contribution is 5.24. The van der Waals surface area contributed by atoms with Crippen LogP contribution in [0.4, 0.5) is 17.6 Å². The minimum absolute atomic E-state index is 0.0336. The maximum absolute atomic E-state index is 14.8. The second-order valence-electron chi connectivity index (χ2n) is 6.27. The van der Waals surface area contributed by atoms with E-state index in [2.05, 4.69) is 0 Å². The van der Waals surface area contributed by atoms with E-state index in [0.29, 0.717) is 6.92 Å². The number of rotatable bonds is 1. The summed E-state index contributed by atoms with van der Waals surface area (Å²) < 4.78 is 53.4. The molecule has 3 aliphatic rings. The van der Waals surface area contributed by atoms with Crippen LogP contribution >= 0.6 is 0 Å². The lowest BCUT2D eigenvalue weighted by atomic mass is 9.79. The Hall–Kier alpha value is -0.620. The van der Waals surface area contributed by atoms with Crippen molar-refractivity contribution in [3.05, 3.63) is 12.2 Å². The monoisotopic (exact) mass is 280 g/mol. The fourth-order valence-electron chi connectivity index (χ4n) is 4.21. The fourth-order valence-corrected chi connectivity index (χ4v) is 4.21. The number of allylic oxidation sites excluding steroid dienone is 2. The van der Waals surface area contributed by atoms with Crippen molar-refractivity contribution < 1.29 is 27.8 Å². The number of aliphatic hydroxyl groups is 2. The molecule has 0 aliphatic heterocycles. The molecule has 0 aromatic heterocycles. The third-order valence-corrected chi connectivity index (χ3v) is 5.42. The molecule has 19 heavy (non-hydrogen) atoms. The van der Waals surface area contributed by atoms with Gasteiger partial charge in [0.2, 0.25) is 0 Å². The van der Waals surface area contributed by atoms with Gasteiger partial charge in [0.15, 0.2) is 11.3 Å². The predicted molar refractivity (Wildman–Crippen MR) is 58.9 cm³/mol. The predicted octanol–water partition coefficient (Wildman–Crippen LogP) is 2.21. The molecule has 0 spiro atoms. The van der Waals surface area contributed by atoms with Crippen molar-refractivity contribution in [1.82, 2.24) is 0 Å². The van der Waals surface area contributed by atoms with Crippen LogP contribution in [0.1, 0.15) is 19.8 Å². The number of aliphatic hydroxyl groups excluding tert-OH is 1. The van der Waals surface area contributed by atoms with Gasteiger partial charge in [-0.15, -0.1) is 0 Å². The topological polar surface area (TPSA) is 40.5 Å². The lowest BCUT2D eigenvalue weighted by molar-refractivity contribution is -0.308. The zero-order valence-electron chi connectivity index (χ0n) is 10.4. The second kappa shape index (κ2) is 3.52. The molecule has 3 aliphatic carbocycles. The van der Waals surface area contributed by atoms with Gasteiger partial charge in [-0.25, -0.2) is 4.39 Å². The van der Waals surface area contributed by atoms with Gasteiger partial charge in [0, 0.05) is 0 Å². The van der Waals surface area contributed by atoms with Crippen LogP contribution in [0.15, 0.2) is 12.2 Å². The molecular formula is C13H16F4O2. The first-order valence-corrected chi connectivity index (χ1v) is 6.44. The summed E-state index contributed by atoms with van der Waals surface area (Å²) >= 11 is 0. The van der Waals surface area contributed by atoms with Gasteiger partial charge >= 0.3 is 6.18 Å². The summed E-state index contributed by atoms with van der Waals surface area (Å²) in [6.07, 6.45) is -2.79. The van der Waals surface area contributed by atoms with Gasteiger partial charge in [-0.05, 0) is 43.4 Å². The Kier molecular flexibility index (Phi) is 2.48. The van der Waals surface area contributed by atoms with E-state index in [4.69, 9.17) is 0 Å². The third kappa shape index (κ3) is 1.44. The number of halogens is 4. The van der Waals surface area contributed by atoms with E-state index >= 15 is 0 Å². The Morgan fingerprint density at radius 3 is 2.32 bits per heavy atom. The van der Waals surface area contributed by atoms with Crippen LogP contribution in [0.5, 0.6) is 0 Å². The van der Waals surface area contributed by atoms with E-state index in [1.165, 1.54) is 0 Å². The molecule has 0 aromatic rings. The Morgan fingerprint density at radius 2 is 1.79 bits per heavy atom. The van der Waals surface area contributed by atoms with E-state index in [0.717, 1.165) is 6.42 Å². The number of alkyl halides is 4. The quantitative estimate of drug-likeness (QED) is 0.571. The molecule has 0 saturated heterocycles. The molecule has 2 N–H and O–H groups in total. The summed E-state index contributed by atoms with van der Waals surface area (Å²) in [6, 6.07) is 0. The molecule has 0 heterocycles. The van der Waals surface area contributed by atoms with Crippen molar-refractivity contribution in [2.24, 2.45) is 23.7 Å². The van der Waals surface area contributed by atoms with E-state index in [-0.39, 0.29) is 17.8 Å². The summed E-state index contributed by atoms with van der Waals surface area (Å²) in [5, 5.41) is 19.7. The van der Waals surface area contributed by atoms with E-state index < -0.39 is 35.9 Å². The highest BCUT2D eigenvalue weighted by Crippen LogP contribution is 2.62. The lowest BCUT2D eigenvalue weighted by Crippen LogP contribution is -2.63. The molecule has 2 fully saturated rings. The highest BCUT2D eigenvalue weighted by Gasteiger charge is 2.74. The van der Waals surface area contributed by atoms with Crippen LogP contribution in [-0.4, -0.2) is 33.8 Å². The van der Waals surface area contributed by atoms with Crippen LogP contribution in [0.3, 0.4) is 0 Å². The van der Waals surface area contributed by atoms with E-state index in [1.807, 2.05) is 12.2 Å². The molecular weight excluding hydrogens is 264 g/mol. The van der Waals surface area contributed by atoms with Crippen LogP contribution in [0.2, 0.25) is 0 Å². The summed E-state index contributed by atoms with van der Waals surface area (Å²) in [4.78, 5) is 0. The van der Waals surface area contributed by atoms with Crippen LogP contribution < -0.4 is 0 Å². The van der Waals surface area contributed by atoms with Crippen molar-refractivity contribution in [2.75, 3.05) is 0 Å². The average Bonchev–Trinajstić information content (AvgIpc) is 2.91. The summed E-state index contributed by atoms with van der Waals surface area (Å²) in [5.41, 5.74) is -6.55. The molecule has 2 saturated carbocycles. The van der Waals surface area contributed by atoms with E-state index in [9.17, 15) is 27.8 Å². The van der Waals surface area contributed by atoms with Crippen LogP contribution in [-0.2, 0) is 0 Å². The normalized spacial score (nSPS) is 51.4. The molecule has 0 amide bonds. The SMILES string of the molecule is CC(O)(C(F)(F)F)C1(F)CC2C3C=CC(C3)C2C1O. The Balaban J connectivity index is 1.96. The van der Waals surface area contributed by atoms with Crippen molar-refractivity contribution in [3.63, 3.8) is 0 Å². The van der Waals surface area contributed by atoms with Gasteiger partial charge in [-0.2, -0.15) is 13.2 Å². The Bertz CT molecular complexity index is 431. The lowest BCUT2D eigenvalue weighted by Gasteiger charge is -2.40. The Labute approximate surface area is 108 Å². The molecule has 108 valence electrons. The summed E-state index contributed by atoms with van der Waals surface area (Å²) in [6.45, 7) is 0.423. The van der Waals surface area contributed by atoms with Gasteiger partial charge in [-0.1, -0.05) is 12.2 Å². The van der Waals surface area contributed by atoms with Crippen molar-refractivity contribution >= 4 is 0 Å². The maximum atomic E-state index is 14.8. The van der Waals surface area contributed by atoms with Crippen LogP contribution in [0, 0.1) is 23.7 Å². The molecule has 7 unspecified atom stereocenters. The summed E-state index contributed by atoms with van der Waals surface area (Å²) in [5.74, 6) is -0.837.